The van der Waals surface area contributed by atoms with Gasteiger partial charge in [0.1, 0.15) is 23.1 Å². The number of fused-ring (bicyclic) bond motifs is 2. The molecule has 0 fully saturated rings. The third kappa shape index (κ3) is 15.8. The van der Waals surface area contributed by atoms with Crippen LogP contribution in [0.5, 0.6) is 17.2 Å². The standard InChI is InChI=1S/C28H19BrClNO.C22H17NO.C6H3BrClF.CH2O3.2K.H/c29-25-16-9-17-27(28(25)30)32-23-18-20-10-7-8-15-24(20)26(19-23)31(21-11-3-1-4-12-21)22-13-5-2-6-14-22;24-20-15-17-9-7-8-14-21(17)22(16-20)23(18-10-3-1-4-11-18)19-12-5-2-6-13-19;7-4-2-1-3-5(9)6(4)8;2-1-4-3;;;/h1-19H;1-16,24H;1-3H;1,3H;;;/q;;;;2*+1;-1/p-1. The molecule has 0 saturated carbocycles. The van der Waals surface area contributed by atoms with Crippen molar-refractivity contribution in [3.8, 4) is 17.2 Å². The number of ether oxygens (including phenoxy) is 1. The molecule has 7 nitrogen and oxygen atoms in total. The molecule has 0 atom stereocenters. The molecule has 0 radical (unpaired) electrons. The molecule has 1 N–H and O–H groups in total. The van der Waals surface area contributed by atoms with E-state index in [1.54, 1.807) is 18.2 Å². The Hall–Kier alpha value is -3.91. The fraction of sp³-hybridized carbons (Fsp3) is 0. The van der Waals surface area contributed by atoms with E-state index in [1.807, 2.05) is 103 Å². The Morgan fingerprint density at radius 3 is 1.31 bits per heavy atom. The number of rotatable bonds is 9. The summed E-state index contributed by atoms with van der Waals surface area (Å²) in [4.78, 5) is 15.7. The molecule has 0 heterocycles. The molecule has 0 aromatic heterocycles. The van der Waals surface area contributed by atoms with Crippen LogP contribution in [0, 0.1) is 5.82 Å². The Morgan fingerprint density at radius 1 is 0.507 bits per heavy atom. The maximum Gasteiger partial charge on any atom is 1.00 e. The molecule has 0 unspecified atom stereocenters. The third-order valence-electron chi connectivity index (χ3n) is 10.3. The van der Waals surface area contributed by atoms with Crippen LogP contribution in [0.1, 0.15) is 1.43 Å². The first-order chi connectivity index (χ1) is 33.7. The molecular formula is C57H41Br2Cl2FK2N2O5. The summed E-state index contributed by atoms with van der Waals surface area (Å²) < 4.78 is 20.1. The smallest absolute Gasteiger partial charge is 1.00 e. The van der Waals surface area contributed by atoms with E-state index in [0.29, 0.717) is 15.2 Å². The normalized spacial score (nSPS) is 10.0. The first-order valence-corrected chi connectivity index (χ1v) is 23.5. The van der Waals surface area contributed by atoms with Crippen molar-refractivity contribution in [3.63, 3.8) is 0 Å². The number of hydrogen-bond acceptors (Lipinski definition) is 7. The number of phenolic OH excluding ortho intramolecular Hbond substituents is 1. The molecule has 0 aliphatic rings. The Labute approximate surface area is 525 Å². The van der Waals surface area contributed by atoms with Crippen LogP contribution in [0.15, 0.2) is 239 Å². The van der Waals surface area contributed by atoms with Crippen LogP contribution in [0.2, 0.25) is 10.0 Å². The Bertz CT molecular complexity index is 3170. The number of benzene rings is 10. The molecule has 10 aromatic rings. The van der Waals surface area contributed by atoms with Crippen molar-refractivity contribution in [3.05, 3.63) is 255 Å². The minimum atomic E-state index is -0.397. The van der Waals surface area contributed by atoms with Crippen LogP contribution >= 0.6 is 55.1 Å². The van der Waals surface area contributed by atoms with Crippen molar-refractivity contribution in [2.45, 2.75) is 0 Å². The largest absolute Gasteiger partial charge is 1.00 e. The van der Waals surface area contributed by atoms with Crippen molar-refractivity contribution in [2.24, 2.45) is 0 Å². The van der Waals surface area contributed by atoms with Crippen molar-refractivity contribution in [1.82, 2.24) is 0 Å². The van der Waals surface area contributed by atoms with Gasteiger partial charge in [0.25, 0.3) is 6.47 Å². The fourth-order valence-corrected chi connectivity index (χ4v) is 8.28. The van der Waals surface area contributed by atoms with Gasteiger partial charge in [0.05, 0.1) is 21.4 Å². The van der Waals surface area contributed by atoms with Crippen LogP contribution in [0.4, 0.5) is 38.5 Å². The van der Waals surface area contributed by atoms with Gasteiger partial charge in [-0.1, -0.05) is 157 Å². The average Bonchev–Trinajstić information content (AvgIpc) is 3.39. The molecular weight excluding hydrogens is 1120 g/mol. The molecule has 0 spiro atoms. The predicted molar refractivity (Wildman–Crippen MR) is 286 cm³/mol. The van der Waals surface area contributed by atoms with Crippen LogP contribution in [0.3, 0.4) is 0 Å². The maximum absolute atomic E-state index is 12.4. The second-order valence-corrected chi connectivity index (χ2v) is 17.2. The average molecular weight is 1160 g/mol. The molecule has 10 aromatic carbocycles. The number of aromatic hydroxyl groups is 1. The van der Waals surface area contributed by atoms with Gasteiger partial charge >= 0.3 is 103 Å². The van der Waals surface area contributed by atoms with Crippen molar-refractivity contribution < 1.29 is 133 Å². The molecule has 0 amide bonds. The van der Waals surface area contributed by atoms with Crippen LogP contribution in [-0.2, 0) is 9.68 Å². The number of carbonyl (C=O) groups excluding carboxylic acids is 1. The van der Waals surface area contributed by atoms with Gasteiger partial charge in [-0.3, -0.25) is 4.79 Å². The number of hydrogen-bond donors (Lipinski definition) is 1. The number of carbonyl (C=O) groups is 1. The molecule has 0 aliphatic heterocycles. The Balaban J connectivity index is 0.000000247. The minimum absolute atomic E-state index is 0. The van der Waals surface area contributed by atoms with Gasteiger partial charge in [0, 0.05) is 54.6 Å². The fourth-order valence-electron chi connectivity index (χ4n) is 7.30. The van der Waals surface area contributed by atoms with Gasteiger partial charge in [0.15, 0.2) is 0 Å². The van der Waals surface area contributed by atoms with Gasteiger partial charge in [-0.25, -0.2) is 4.39 Å². The monoisotopic (exact) mass is 1160 g/mol. The van der Waals surface area contributed by atoms with E-state index in [1.165, 1.54) is 6.07 Å². The van der Waals surface area contributed by atoms with E-state index in [-0.39, 0.29) is 121 Å². The summed E-state index contributed by atoms with van der Waals surface area (Å²) in [6.07, 6.45) is 0. The zero-order valence-corrected chi connectivity index (χ0v) is 49.3. The van der Waals surface area contributed by atoms with E-state index >= 15 is 0 Å². The summed E-state index contributed by atoms with van der Waals surface area (Å²) in [5.41, 5.74) is 6.24. The zero-order chi connectivity index (χ0) is 48.5. The van der Waals surface area contributed by atoms with Crippen LogP contribution in [0.25, 0.3) is 21.5 Å². The zero-order valence-electron chi connectivity index (χ0n) is 39.4. The van der Waals surface area contributed by atoms with Crippen LogP contribution in [-0.4, -0.2) is 11.6 Å². The molecule has 71 heavy (non-hydrogen) atoms. The first kappa shape index (κ1) is 58.0. The third-order valence-corrected chi connectivity index (χ3v) is 12.8. The summed E-state index contributed by atoms with van der Waals surface area (Å²) >= 11 is 18.5. The van der Waals surface area contributed by atoms with Gasteiger partial charge in [0.2, 0.25) is 0 Å². The molecule has 0 bridgehead atoms. The number of halogens is 5. The van der Waals surface area contributed by atoms with E-state index in [9.17, 15) is 9.50 Å². The molecule has 10 rings (SSSR count). The van der Waals surface area contributed by atoms with E-state index in [2.05, 4.69) is 150 Å². The number of phenols is 1. The first-order valence-electron chi connectivity index (χ1n) is 21.2. The van der Waals surface area contributed by atoms with Crippen molar-refractivity contribution in [1.29, 1.82) is 0 Å². The van der Waals surface area contributed by atoms with Gasteiger partial charge in [-0.15, -0.1) is 0 Å². The van der Waals surface area contributed by atoms with Crippen LogP contribution < -0.4 is 123 Å². The topological polar surface area (TPSA) is 85.3 Å². The Kier molecular flexibility index (Phi) is 24.3. The second kappa shape index (κ2) is 29.7. The van der Waals surface area contributed by atoms with Gasteiger partial charge in [-0.05, 0) is 128 Å². The number of anilines is 6. The number of para-hydroxylation sites is 4. The second-order valence-electron chi connectivity index (χ2n) is 14.7. The molecule has 0 saturated heterocycles. The summed E-state index contributed by atoms with van der Waals surface area (Å²) in [5, 5.41) is 23.7. The van der Waals surface area contributed by atoms with E-state index in [0.717, 1.165) is 65.9 Å². The molecule has 0 aliphatic carbocycles. The summed E-state index contributed by atoms with van der Waals surface area (Å²) in [6, 6.07) is 75.6. The SMILES string of the molecule is Clc1c(Br)cccc1Oc1cc(N(c2ccccc2)c2ccccc2)c2ccccc2c1.Fc1cccc(Br)c1Cl.O=CO[O-].Oc1cc(N(c2ccccc2)c2ccccc2)c2ccccc2c1.[H-].[K+].[K+]. The quantitative estimate of drug-likeness (QED) is 0.0507. The summed E-state index contributed by atoms with van der Waals surface area (Å²) in [7, 11) is 0. The van der Waals surface area contributed by atoms with Crippen molar-refractivity contribution in [2.75, 3.05) is 9.80 Å². The Morgan fingerprint density at radius 2 is 0.887 bits per heavy atom. The maximum atomic E-state index is 12.4. The van der Waals surface area contributed by atoms with E-state index in [4.69, 9.17) is 38.0 Å². The van der Waals surface area contributed by atoms with Gasteiger partial charge < -0.3 is 31.2 Å². The molecule has 346 valence electrons. The summed E-state index contributed by atoms with van der Waals surface area (Å²) in [6.45, 7) is -0.181. The van der Waals surface area contributed by atoms with E-state index < -0.39 is 5.82 Å². The molecule has 14 heteroatoms. The van der Waals surface area contributed by atoms with Gasteiger partial charge in [-0.2, -0.15) is 0 Å². The minimum Gasteiger partial charge on any atom is -1.00 e. The number of nitrogens with zero attached hydrogens (tertiary/aromatic N) is 2. The predicted octanol–water partition coefficient (Wildman–Crippen LogP) is 11.3. The summed E-state index contributed by atoms with van der Waals surface area (Å²) in [5.74, 6) is 1.19. The van der Waals surface area contributed by atoms with Crippen molar-refractivity contribution >= 4 is 117 Å².